The first-order chi connectivity index (χ1) is 9.31. The molecule has 5 heteroatoms. The van der Waals surface area contributed by atoms with E-state index in [4.69, 9.17) is 15.0 Å². The number of rotatable bonds is 8. The first kappa shape index (κ1) is 14.5. The normalized spacial score (nSPS) is 20.8. The van der Waals surface area contributed by atoms with Gasteiger partial charge in [0.25, 0.3) is 0 Å². The largest absolute Gasteiger partial charge is 0.381 e. The molecule has 0 radical (unpaired) electrons. The van der Waals surface area contributed by atoms with Crippen LogP contribution in [0.5, 0.6) is 0 Å². The molecule has 108 valence electrons. The fourth-order valence-electron chi connectivity index (χ4n) is 2.59. The molecule has 2 rings (SSSR count). The molecular formula is C14H25N3O2. The fourth-order valence-corrected chi connectivity index (χ4v) is 2.59. The van der Waals surface area contributed by atoms with Gasteiger partial charge in [0.2, 0.25) is 5.89 Å². The first-order valence-corrected chi connectivity index (χ1v) is 7.41. The Kier molecular flexibility index (Phi) is 5.79. The van der Waals surface area contributed by atoms with E-state index in [9.17, 15) is 0 Å². The van der Waals surface area contributed by atoms with E-state index in [0.717, 1.165) is 70.0 Å². The van der Waals surface area contributed by atoms with Crippen molar-refractivity contribution in [3.63, 3.8) is 0 Å². The Morgan fingerprint density at radius 1 is 1.42 bits per heavy atom. The van der Waals surface area contributed by atoms with Crippen molar-refractivity contribution in [2.24, 2.45) is 17.6 Å². The standard InChI is InChI=1S/C14H25N3O2/c1-2-11(5-7-15)3-4-14-16-13(17-19-14)9-12-6-8-18-10-12/h11-12H,2-10,15H2,1H3. The first-order valence-electron chi connectivity index (χ1n) is 7.41. The molecule has 0 amide bonds. The molecule has 1 aliphatic rings. The summed E-state index contributed by atoms with van der Waals surface area (Å²) in [5.41, 5.74) is 5.61. The lowest BCUT2D eigenvalue weighted by Crippen LogP contribution is -2.09. The molecule has 19 heavy (non-hydrogen) atoms. The lowest BCUT2D eigenvalue weighted by Gasteiger charge is -2.11. The molecule has 1 fully saturated rings. The van der Waals surface area contributed by atoms with Crippen LogP contribution in [0.1, 0.15) is 44.3 Å². The van der Waals surface area contributed by atoms with Gasteiger partial charge in [-0.1, -0.05) is 18.5 Å². The molecule has 2 N–H and O–H groups in total. The number of hydrogen-bond donors (Lipinski definition) is 1. The zero-order chi connectivity index (χ0) is 13.5. The maximum Gasteiger partial charge on any atom is 0.226 e. The third-order valence-corrected chi connectivity index (χ3v) is 3.92. The molecule has 1 aromatic rings. The third kappa shape index (κ3) is 4.58. The summed E-state index contributed by atoms with van der Waals surface area (Å²) in [4.78, 5) is 4.48. The van der Waals surface area contributed by atoms with Crippen molar-refractivity contribution in [2.45, 2.75) is 45.4 Å². The van der Waals surface area contributed by atoms with Crippen LogP contribution in [0.15, 0.2) is 4.52 Å². The van der Waals surface area contributed by atoms with E-state index in [1.807, 2.05) is 0 Å². The third-order valence-electron chi connectivity index (χ3n) is 3.92. The van der Waals surface area contributed by atoms with Crippen molar-refractivity contribution in [3.05, 3.63) is 11.7 Å². The molecular weight excluding hydrogens is 242 g/mol. The highest BCUT2D eigenvalue weighted by molar-refractivity contribution is 4.89. The molecule has 0 spiro atoms. The van der Waals surface area contributed by atoms with Crippen LogP contribution < -0.4 is 5.73 Å². The molecule has 2 heterocycles. The van der Waals surface area contributed by atoms with E-state index in [0.29, 0.717) is 11.8 Å². The number of ether oxygens (including phenoxy) is 1. The minimum atomic E-state index is 0.561. The summed E-state index contributed by atoms with van der Waals surface area (Å²) in [6, 6.07) is 0. The number of aryl methyl sites for hydroxylation is 1. The van der Waals surface area contributed by atoms with Crippen molar-refractivity contribution < 1.29 is 9.26 Å². The Hall–Kier alpha value is -0.940. The number of nitrogens with two attached hydrogens (primary N) is 1. The Morgan fingerprint density at radius 2 is 2.32 bits per heavy atom. The maximum atomic E-state index is 5.61. The van der Waals surface area contributed by atoms with Gasteiger partial charge in [0.15, 0.2) is 5.82 Å². The predicted molar refractivity (Wildman–Crippen MR) is 72.7 cm³/mol. The van der Waals surface area contributed by atoms with Gasteiger partial charge in [-0.2, -0.15) is 4.98 Å². The summed E-state index contributed by atoms with van der Waals surface area (Å²) >= 11 is 0. The Balaban J connectivity index is 1.76. The van der Waals surface area contributed by atoms with Gasteiger partial charge in [0.1, 0.15) is 0 Å². The van der Waals surface area contributed by atoms with Crippen LogP contribution in [0.2, 0.25) is 0 Å². The molecule has 0 bridgehead atoms. The molecule has 2 atom stereocenters. The summed E-state index contributed by atoms with van der Waals surface area (Å²) in [5.74, 6) is 2.83. The van der Waals surface area contributed by atoms with Gasteiger partial charge in [-0.05, 0) is 37.6 Å². The van der Waals surface area contributed by atoms with Crippen LogP contribution >= 0.6 is 0 Å². The quantitative estimate of drug-likeness (QED) is 0.779. The zero-order valence-corrected chi connectivity index (χ0v) is 11.8. The van der Waals surface area contributed by atoms with Crippen molar-refractivity contribution in [3.8, 4) is 0 Å². The van der Waals surface area contributed by atoms with E-state index in [2.05, 4.69) is 17.1 Å². The molecule has 0 aliphatic carbocycles. The van der Waals surface area contributed by atoms with Gasteiger partial charge in [0.05, 0.1) is 0 Å². The zero-order valence-electron chi connectivity index (χ0n) is 11.8. The van der Waals surface area contributed by atoms with Crippen molar-refractivity contribution in [1.29, 1.82) is 0 Å². The van der Waals surface area contributed by atoms with Crippen LogP contribution in [-0.4, -0.2) is 29.9 Å². The van der Waals surface area contributed by atoms with E-state index >= 15 is 0 Å². The summed E-state index contributed by atoms with van der Waals surface area (Å²) in [5, 5.41) is 4.06. The van der Waals surface area contributed by atoms with E-state index in [1.165, 1.54) is 0 Å². The number of nitrogens with zero attached hydrogens (tertiary/aromatic N) is 2. The van der Waals surface area contributed by atoms with E-state index in [-0.39, 0.29) is 0 Å². The Morgan fingerprint density at radius 3 is 3.00 bits per heavy atom. The van der Waals surface area contributed by atoms with Gasteiger partial charge in [-0.3, -0.25) is 0 Å². The summed E-state index contributed by atoms with van der Waals surface area (Å²) in [6.07, 6.45) is 6.19. The van der Waals surface area contributed by atoms with Gasteiger partial charge in [-0.25, -0.2) is 0 Å². The van der Waals surface area contributed by atoms with Gasteiger partial charge >= 0.3 is 0 Å². The summed E-state index contributed by atoms with van der Waals surface area (Å²) < 4.78 is 10.7. The van der Waals surface area contributed by atoms with Crippen LogP contribution in [0, 0.1) is 11.8 Å². The highest BCUT2D eigenvalue weighted by Crippen LogP contribution is 2.18. The molecule has 1 aromatic heterocycles. The second-order valence-electron chi connectivity index (χ2n) is 5.43. The molecule has 1 aliphatic heterocycles. The van der Waals surface area contributed by atoms with Crippen LogP contribution in [0.25, 0.3) is 0 Å². The topological polar surface area (TPSA) is 74.2 Å². The Labute approximate surface area is 114 Å². The number of hydrogen-bond acceptors (Lipinski definition) is 5. The van der Waals surface area contributed by atoms with Crippen LogP contribution in [-0.2, 0) is 17.6 Å². The van der Waals surface area contributed by atoms with Gasteiger partial charge in [0, 0.05) is 26.1 Å². The van der Waals surface area contributed by atoms with Crippen molar-refractivity contribution >= 4 is 0 Å². The Bertz CT molecular complexity index is 361. The van der Waals surface area contributed by atoms with Gasteiger partial charge in [-0.15, -0.1) is 0 Å². The van der Waals surface area contributed by atoms with Gasteiger partial charge < -0.3 is 15.0 Å². The monoisotopic (exact) mass is 267 g/mol. The summed E-state index contributed by atoms with van der Waals surface area (Å²) in [6.45, 7) is 4.67. The van der Waals surface area contributed by atoms with Crippen molar-refractivity contribution in [1.82, 2.24) is 10.1 Å². The molecule has 1 saturated heterocycles. The highest BCUT2D eigenvalue weighted by Gasteiger charge is 2.19. The molecule has 0 aromatic carbocycles. The lowest BCUT2D eigenvalue weighted by molar-refractivity contribution is 0.185. The fraction of sp³-hybridized carbons (Fsp3) is 0.857. The second kappa shape index (κ2) is 7.60. The predicted octanol–water partition coefficient (Wildman–Crippen LogP) is 1.96. The molecule has 2 unspecified atom stereocenters. The minimum absolute atomic E-state index is 0.561. The number of aromatic nitrogens is 2. The van der Waals surface area contributed by atoms with Crippen LogP contribution in [0.3, 0.4) is 0 Å². The van der Waals surface area contributed by atoms with E-state index in [1.54, 1.807) is 0 Å². The average molecular weight is 267 g/mol. The average Bonchev–Trinajstić information content (AvgIpc) is 3.07. The molecule has 0 saturated carbocycles. The molecule has 5 nitrogen and oxygen atoms in total. The highest BCUT2D eigenvalue weighted by atomic mass is 16.5. The van der Waals surface area contributed by atoms with Crippen molar-refractivity contribution in [2.75, 3.05) is 19.8 Å². The minimum Gasteiger partial charge on any atom is -0.381 e. The SMILES string of the molecule is CCC(CCN)CCc1nc(CC2CCOC2)no1. The van der Waals surface area contributed by atoms with Crippen LogP contribution in [0.4, 0.5) is 0 Å². The second-order valence-corrected chi connectivity index (χ2v) is 5.43. The summed E-state index contributed by atoms with van der Waals surface area (Å²) in [7, 11) is 0. The maximum absolute atomic E-state index is 5.61. The lowest BCUT2D eigenvalue weighted by atomic mass is 9.97. The van der Waals surface area contributed by atoms with E-state index < -0.39 is 0 Å². The smallest absolute Gasteiger partial charge is 0.226 e.